The van der Waals surface area contributed by atoms with Crippen LogP contribution in [0.3, 0.4) is 0 Å². The summed E-state index contributed by atoms with van der Waals surface area (Å²) in [5, 5.41) is 12.0. The second-order valence-corrected chi connectivity index (χ2v) is 6.16. The van der Waals surface area contributed by atoms with Crippen molar-refractivity contribution in [2.45, 2.75) is 25.7 Å². The Morgan fingerprint density at radius 2 is 1.95 bits per heavy atom. The number of carbonyl (C=O) groups is 2. The number of benzene rings is 1. The van der Waals surface area contributed by atoms with Gasteiger partial charge in [-0.25, -0.2) is 0 Å². The second-order valence-electron chi connectivity index (χ2n) is 5.24. The lowest BCUT2D eigenvalue weighted by molar-refractivity contribution is -0.143. The topological polar surface area (TPSA) is 66.4 Å². The molecule has 1 aromatic carbocycles. The Hall–Kier alpha value is -1.36. The number of nitrogens with one attached hydrogen (secondary N) is 1. The van der Waals surface area contributed by atoms with Gasteiger partial charge in [-0.1, -0.05) is 34.5 Å². The molecule has 2 N–H and O–H groups in total. The Morgan fingerprint density at radius 1 is 1.25 bits per heavy atom. The molecule has 0 radical (unpaired) electrons. The first-order valence-electron chi connectivity index (χ1n) is 6.80. The number of halogens is 1. The summed E-state index contributed by atoms with van der Waals surface area (Å²) in [6.07, 6.45) is 2.88. The molecule has 2 unspecified atom stereocenters. The minimum absolute atomic E-state index is 0.0524. The van der Waals surface area contributed by atoms with E-state index in [-0.39, 0.29) is 17.7 Å². The molecular formula is C15H18BrNO3. The number of carboxylic acid groups (broad SMARTS) is 1. The largest absolute Gasteiger partial charge is 0.481 e. The molecule has 1 amide bonds. The lowest BCUT2D eigenvalue weighted by Crippen LogP contribution is -2.33. The van der Waals surface area contributed by atoms with Crippen LogP contribution in [0.1, 0.15) is 24.8 Å². The fraction of sp³-hybridized carbons (Fsp3) is 0.467. The number of hydrogen-bond donors (Lipinski definition) is 2. The minimum atomic E-state index is -0.741. The van der Waals surface area contributed by atoms with Gasteiger partial charge in [0.05, 0.1) is 12.3 Å². The van der Waals surface area contributed by atoms with E-state index in [4.69, 9.17) is 5.11 Å². The maximum absolute atomic E-state index is 11.9. The third-order valence-electron chi connectivity index (χ3n) is 3.82. The first-order valence-corrected chi connectivity index (χ1v) is 7.59. The van der Waals surface area contributed by atoms with Gasteiger partial charge in [-0.3, -0.25) is 9.59 Å². The lowest BCUT2D eigenvalue weighted by Gasteiger charge is -2.16. The third-order valence-corrected chi connectivity index (χ3v) is 4.34. The van der Waals surface area contributed by atoms with E-state index in [1.807, 2.05) is 24.3 Å². The fourth-order valence-electron chi connectivity index (χ4n) is 2.70. The summed E-state index contributed by atoms with van der Waals surface area (Å²) >= 11 is 3.35. The molecule has 108 valence electrons. The molecule has 1 aromatic rings. The van der Waals surface area contributed by atoms with Gasteiger partial charge < -0.3 is 10.4 Å². The smallest absolute Gasteiger partial charge is 0.306 e. The van der Waals surface area contributed by atoms with Gasteiger partial charge in [0, 0.05) is 11.0 Å². The highest BCUT2D eigenvalue weighted by Gasteiger charge is 2.32. The zero-order valence-corrected chi connectivity index (χ0v) is 12.7. The summed E-state index contributed by atoms with van der Waals surface area (Å²) in [6, 6.07) is 7.61. The number of rotatable bonds is 5. The molecule has 0 aromatic heterocycles. The van der Waals surface area contributed by atoms with E-state index in [0.29, 0.717) is 13.0 Å². The summed E-state index contributed by atoms with van der Waals surface area (Å²) in [4.78, 5) is 22.9. The van der Waals surface area contributed by atoms with Crippen molar-refractivity contribution in [2.24, 2.45) is 11.8 Å². The maximum Gasteiger partial charge on any atom is 0.306 e. The van der Waals surface area contributed by atoms with Crippen LogP contribution in [0.15, 0.2) is 28.7 Å². The van der Waals surface area contributed by atoms with Crippen molar-refractivity contribution in [3.63, 3.8) is 0 Å². The first kappa shape index (κ1) is 15.0. The third kappa shape index (κ3) is 4.07. The minimum Gasteiger partial charge on any atom is -0.481 e. The number of carbonyl (C=O) groups excluding carboxylic acids is 1. The van der Waals surface area contributed by atoms with Crippen molar-refractivity contribution in [2.75, 3.05) is 6.54 Å². The van der Waals surface area contributed by atoms with Gasteiger partial charge >= 0.3 is 5.97 Å². The predicted molar refractivity (Wildman–Crippen MR) is 79.3 cm³/mol. The van der Waals surface area contributed by atoms with Crippen LogP contribution in [-0.4, -0.2) is 23.5 Å². The van der Waals surface area contributed by atoms with E-state index < -0.39 is 5.97 Å². The van der Waals surface area contributed by atoms with Crippen LogP contribution in [0.2, 0.25) is 0 Å². The highest BCUT2D eigenvalue weighted by atomic mass is 79.9. The Kier molecular flexibility index (Phi) is 5.17. The van der Waals surface area contributed by atoms with E-state index in [1.54, 1.807) is 0 Å². The summed E-state index contributed by atoms with van der Waals surface area (Å²) in [7, 11) is 0. The number of aliphatic carboxylic acids is 1. The van der Waals surface area contributed by atoms with Gasteiger partial charge in [0.15, 0.2) is 0 Å². The van der Waals surface area contributed by atoms with Gasteiger partial charge in [0.25, 0.3) is 0 Å². The number of amides is 1. The van der Waals surface area contributed by atoms with E-state index in [9.17, 15) is 9.59 Å². The molecule has 1 aliphatic carbocycles. The van der Waals surface area contributed by atoms with E-state index in [2.05, 4.69) is 21.2 Å². The molecule has 20 heavy (non-hydrogen) atoms. The standard InChI is InChI=1S/C15H18BrNO3/c16-12-6-4-10(5-7-12)8-14(18)17-9-11-2-1-3-13(11)15(19)20/h4-7,11,13H,1-3,8-9H2,(H,17,18)(H,19,20). The Morgan fingerprint density at radius 3 is 2.60 bits per heavy atom. The summed E-state index contributed by atoms with van der Waals surface area (Å²) in [6.45, 7) is 0.465. The van der Waals surface area contributed by atoms with Crippen LogP contribution in [0.5, 0.6) is 0 Å². The zero-order chi connectivity index (χ0) is 14.5. The Balaban J connectivity index is 1.80. The molecule has 0 bridgehead atoms. The quantitative estimate of drug-likeness (QED) is 0.866. The Labute approximate surface area is 126 Å². The van der Waals surface area contributed by atoms with Crippen LogP contribution in [0.4, 0.5) is 0 Å². The van der Waals surface area contributed by atoms with Crippen LogP contribution < -0.4 is 5.32 Å². The number of hydrogen-bond acceptors (Lipinski definition) is 2. The normalized spacial score (nSPS) is 21.6. The fourth-order valence-corrected chi connectivity index (χ4v) is 2.97. The SMILES string of the molecule is O=C(Cc1ccc(Br)cc1)NCC1CCCC1C(=O)O. The molecular weight excluding hydrogens is 322 g/mol. The highest BCUT2D eigenvalue weighted by Crippen LogP contribution is 2.31. The maximum atomic E-state index is 11.9. The van der Waals surface area contributed by atoms with Crippen LogP contribution in [0, 0.1) is 11.8 Å². The van der Waals surface area contributed by atoms with Crippen molar-refractivity contribution in [3.8, 4) is 0 Å². The second kappa shape index (κ2) is 6.88. The molecule has 1 fully saturated rings. The summed E-state index contributed by atoms with van der Waals surface area (Å²) < 4.78 is 0.983. The Bertz CT molecular complexity index is 486. The van der Waals surface area contributed by atoms with E-state index in [1.165, 1.54) is 0 Å². The lowest BCUT2D eigenvalue weighted by atomic mass is 9.96. The molecule has 0 saturated heterocycles. The van der Waals surface area contributed by atoms with E-state index >= 15 is 0 Å². The summed E-state index contributed by atoms with van der Waals surface area (Å²) in [5.74, 6) is -1.03. The van der Waals surface area contributed by atoms with Gasteiger partial charge in [-0.05, 0) is 36.5 Å². The van der Waals surface area contributed by atoms with E-state index in [0.717, 1.165) is 29.3 Å². The monoisotopic (exact) mass is 339 g/mol. The van der Waals surface area contributed by atoms with Gasteiger partial charge in [-0.15, -0.1) is 0 Å². The molecule has 0 heterocycles. The van der Waals surface area contributed by atoms with Gasteiger partial charge in [-0.2, -0.15) is 0 Å². The van der Waals surface area contributed by atoms with Crippen LogP contribution in [-0.2, 0) is 16.0 Å². The van der Waals surface area contributed by atoms with Crippen LogP contribution >= 0.6 is 15.9 Å². The molecule has 4 nitrogen and oxygen atoms in total. The van der Waals surface area contributed by atoms with Crippen molar-refractivity contribution < 1.29 is 14.7 Å². The number of carboxylic acids is 1. The molecule has 1 saturated carbocycles. The molecule has 2 rings (SSSR count). The molecule has 2 atom stereocenters. The van der Waals surface area contributed by atoms with Gasteiger partial charge in [0.1, 0.15) is 0 Å². The van der Waals surface area contributed by atoms with Crippen LogP contribution in [0.25, 0.3) is 0 Å². The molecule has 1 aliphatic rings. The average molecular weight is 340 g/mol. The highest BCUT2D eigenvalue weighted by molar-refractivity contribution is 9.10. The zero-order valence-electron chi connectivity index (χ0n) is 11.1. The molecule has 5 heteroatoms. The van der Waals surface area contributed by atoms with Crippen molar-refractivity contribution in [1.29, 1.82) is 0 Å². The first-order chi connectivity index (χ1) is 9.56. The molecule has 0 aliphatic heterocycles. The van der Waals surface area contributed by atoms with Crippen molar-refractivity contribution in [1.82, 2.24) is 5.32 Å². The summed E-state index contributed by atoms with van der Waals surface area (Å²) in [5.41, 5.74) is 0.951. The average Bonchev–Trinajstić information content (AvgIpc) is 2.88. The van der Waals surface area contributed by atoms with Crippen molar-refractivity contribution >= 4 is 27.8 Å². The molecule has 0 spiro atoms. The van der Waals surface area contributed by atoms with Crippen molar-refractivity contribution in [3.05, 3.63) is 34.3 Å². The van der Waals surface area contributed by atoms with Gasteiger partial charge in [0.2, 0.25) is 5.91 Å². The predicted octanol–water partition coefficient (Wildman–Crippen LogP) is 2.61.